The molecular weight excluding hydrogens is 286 g/mol. The molecule has 6 heteroatoms. The van der Waals surface area contributed by atoms with Crippen molar-refractivity contribution in [2.45, 2.75) is 19.9 Å². The molecule has 0 radical (unpaired) electrons. The van der Waals surface area contributed by atoms with Gasteiger partial charge in [-0.05, 0) is 41.5 Å². The monoisotopic (exact) mass is 301 g/mol. The van der Waals surface area contributed by atoms with Crippen molar-refractivity contribution in [2.75, 3.05) is 0 Å². The number of aryl methyl sites for hydroxylation is 1. The minimum Gasteiger partial charge on any atom is -0.352 e. The molecule has 0 aliphatic rings. The molecule has 3 aromatic rings. The van der Waals surface area contributed by atoms with E-state index in [1.165, 1.54) is 10.1 Å². The van der Waals surface area contributed by atoms with Crippen LogP contribution in [0.15, 0.2) is 34.4 Å². The van der Waals surface area contributed by atoms with E-state index in [1.807, 2.05) is 11.4 Å². The summed E-state index contributed by atoms with van der Waals surface area (Å²) in [6, 6.07) is 8.20. The highest BCUT2D eigenvalue weighted by Crippen LogP contribution is 2.21. The fourth-order valence-electron chi connectivity index (χ4n) is 2.23. The number of nitrogens with one attached hydrogen (secondary N) is 3. The van der Waals surface area contributed by atoms with E-state index in [1.54, 1.807) is 18.3 Å². The number of benzene rings is 1. The third kappa shape index (κ3) is 2.90. The molecule has 0 aliphatic carbocycles. The Morgan fingerprint density at radius 3 is 2.90 bits per heavy atom. The van der Waals surface area contributed by atoms with Gasteiger partial charge in [0.1, 0.15) is 0 Å². The van der Waals surface area contributed by atoms with Crippen molar-refractivity contribution in [3.8, 4) is 0 Å². The summed E-state index contributed by atoms with van der Waals surface area (Å²) < 4.78 is 1.24. The first kappa shape index (κ1) is 13.6. The number of hydrogen-bond acceptors (Lipinski definition) is 3. The van der Waals surface area contributed by atoms with E-state index in [4.69, 9.17) is 0 Å². The first-order valence-corrected chi connectivity index (χ1v) is 7.50. The molecule has 1 aromatic carbocycles. The molecule has 0 aliphatic heterocycles. The minimum absolute atomic E-state index is 0.0887. The Morgan fingerprint density at radius 2 is 2.14 bits per heavy atom. The molecule has 108 valence electrons. The standard InChI is InChI=1S/C15H15N3O2S/c1-9-12(15(20)18-17-9)7-14(19)16-8-10-2-3-13-11(6-10)4-5-21-13/h2-6H,7-8H2,1H3,(H,16,19)(H2,17,18,20). The second-order valence-electron chi connectivity index (χ2n) is 4.93. The molecule has 0 saturated carbocycles. The fourth-order valence-corrected chi connectivity index (χ4v) is 3.01. The Balaban J connectivity index is 1.64. The van der Waals surface area contributed by atoms with Crippen LogP contribution in [-0.2, 0) is 17.8 Å². The molecule has 0 atom stereocenters. The van der Waals surface area contributed by atoms with Crippen molar-refractivity contribution in [2.24, 2.45) is 0 Å². The summed E-state index contributed by atoms with van der Waals surface area (Å²) in [6.45, 7) is 2.23. The van der Waals surface area contributed by atoms with Gasteiger partial charge in [0, 0.05) is 22.5 Å². The van der Waals surface area contributed by atoms with E-state index < -0.39 is 0 Å². The average molecular weight is 301 g/mol. The van der Waals surface area contributed by atoms with E-state index in [0.29, 0.717) is 17.8 Å². The zero-order valence-corrected chi connectivity index (χ0v) is 12.3. The molecule has 2 heterocycles. The maximum Gasteiger partial charge on any atom is 0.267 e. The highest BCUT2D eigenvalue weighted by atomic mass is 32.1. The maximum atomic E-state index is 11.9. The summed E-state index contributed by atoms with van der Waals surface area (Å²) >= 11 is 1.70. The van der Waals surface area contributed by atoms with E-state index in [-0.39, 0.29) is 17.9 Å². The van der Waals surface area contributed by atoms with E-state index in [2.05, 4.69) is 33.7 Å². The summed E-state index contributed by atoms with van der Waals surface area (Å²) in [4.78, 5) is 23.4. The molecule has 21 heavy (non-hydrogen) atoms. The van der Waals surface area contributed by atoms with Crippen LogP contribution in [-0.4, -0.2) is 16.1 Å². The lowest BCUT2D eigenvalue weighted by molar-refractivity contribution is -0.120. The smallest absolute Gasteiger partial charge is 0.267 e. The van der Waals surface area contributed by atoms with Crippen molar-refractivity contribution in [1.82, 2.24) is 15.5 Å². The number of carbonyl (C=O) groups is 1. The molecule has 0 saturated heterocycles. The van der Waals surface area contributed by atoms with Crippen LogP contribution < -0.4 is 10.9 Å². The molecule has 0 bridgehead atoms. The van der Waals surface area contributed by atoms with Gasteiger partial charge in [-0.3, -0.25) is 14.7 Å². The van der Waals surface area contributed by atoms with Crippen LogP contribution in [0.3, 0.4) is 0 Å². The summed E-state index contributed by atoms with van der Waals surface area (Å²) in [6.07, 6.45) is 0.0887. The van der Waals surface area contributed by atoms with Gasteiger partial charge in [0.2, 0.25) is 5.91 Å². The second-order valence-corrected chi connectivity index (χ2v) is 5.88. The van der Waals surface area contributed by atoms with Crippen molar-refractivity contribution >= 4 is 27.3 Å². The van der Waals surface area contributed by atoms with Crippen LogP contribution >= 0.6 is 11.3 Å². The van der Waals surface area contributed by atoms with Crippen LogP contribution in [0, 0.1) is 6.92 Å². The van der Waals surface area contributed by atoms with Gasteiger partial charge in [0.15, 0.2) is 0 Å². The van der Waals surface area contributed by atoms with Crippen LogP contribution in [0.5, 0.6) is 0 Å². The van der Waals surface area contributed by atoms with E-state index >= 15 is 0 Å². The van der Waals surface area contributed by atoms with E-state index in [0.717, 1.165) is 5.56 Å². The van der Waals surface area contributed by atoms with Crippen molar-refractivity contribution in [3.63, 3.8) is 0 Å². The first-order valence-electron chi connectivity index (χ1n) is 6.62. The van der Waals surface area contributed by atoms with Crippen LogP contribution in [0.2, 0.25) is 0 Å². The largest absolute Gasteiger partial charge is 0.352 e. The predicted octanol–water partition coefficient (Wildman–Crippen LogP) is 2.09. The second kappa shape index (κ2) is 5.57. The quantitative estimate of drug-likeness (QED) is 0.690. The zero-order valence-electron chi connectivity index (χ0n) is 11.5. The molecule has 2 aromatic heterocycles. The topological polar surface area (TPSA) is 77.8 Å². The Morgan fingerprint density at radius 1 is 1.29 bits per heavy atom. The number of fused-ring (bicyclic) bond motifs is 1. The molecule has 0 fully saturated rings. The Kier molecular flexibility index (Phi) is 3.62. The van der Waals surface area contributed by atoms with Crippen molar-refractivity contribution in [3.05, 3.63) is 56.8 Å². The molecule has 0 unspecified atom stereocenters. The molecule has 3 N–H and O–H groups in total. The number of thiophene rings is 1. The van der Waals surface area contributed by atoms with Crippen LogP contribution in [0.25, 0.3) is 10.1 Å². The molecule has 1 amide bonds. The number of carbonyl (C=O) groups excluding carboxylic acids is 1. The maximum absolute atomic E-state index is 11.9. The lowest BCUT2D eigenvalue weighted by Gasteiger charge is -2.05. The molecular formula is C15H15N3O2S. The number of aromatic nitrogens is 2. The van der Waals surface area contributed by atoms with Crippen LogP contribution in [0.4, 0.5) is 0 Å². The SMILES string of the molecule is Cc1[nH][nH]c(=O)c1CC(=O)NCc1ccc2sccc2c1. The Labute approximate surface area is 125 Å². The number of hydrogen-bond donors (Lipinski definition) is 3. The first-order chi connectivity index (χ1) is 10.1. The van der Waals surface area contributed by atoms with Gasteiger partial charge in [0.05, 0.1) is 6.42 Å². The van der Waals surface area contributed by atoms with Gasteiger partial charge in [-0.1, -0.05) is 6.07 Å². The molecule has 5 nitrogen and oxygen atoms in total. The fraction of sp³-hybridized carbons (Fsp3) is 0.200. The Bertz CT molecular complexity index is 844. The summed E-state index contributed by atoms with van der Waals surface area (Å²) in [5.41, 5.74) is 2.01. The molecule has 3 rings (SSSR count). The number of aromatic amines is 2. The third-order valence-corrected chi connectivity index (χ3v) is 4.33. The van der Waals surface area contributed by atoms with E-state index in [9.17, 15) is 9.59 Å². The number of amides is 1. The summed E-state index contributed by atoms with van der Waals surface area (Å²) in [5, 5.41) is 11.3. The highest BCUT2D eigenvalue weighted by molar-refractivity contribution is 7.17. The lowest BCUT2D eigenvalue weighted by atomic mass is 10.1. The average Bonchev–Trinajstić information content (AvgIpc) is 3.06. The van der Waals surface area contributed by atoms with Gasteiger partial charge in [-0.25, -0.2) is 0 Å². The predicted molar refractivity (Wildman–Crippen MR) is 83.5 cm³/mol. The minimum atomic E-state index is -0.234. The van der Waals surface area contributed by atoms with Crippen molar-refractivity contribution < 1.29 is 4.79 Å². The van der Waals surface area contributed by atoms with Gasteiger partial charge >= 0.3 is 0 Å². The summed E-state index contributed by atoms with van der Waals surface area (Å²) in [7, 11) is 0. The number of H-pyrrole nitrogens is 2. The van der Waals surface area contributed by atoms with Crippen molar-refractivity contribution in [1.29, 1.82) is 0 Å². The molecule has 0 spiro atoms. The van der Waals surface area contributed by atoms with Crippen LogP contribution in [0.1, 0.15) is 16.8 Å². The van der Waals surface area contributed by atoms with Gasteiger partial charge < -0.3 is 10.4 Å². The summed E-state index contributed by atoms with van der Waals surface area (Å²) in [5.74, 6) is -0.159. The number of rotatable bonds is 4. The van der Waals surface area contributed by atoms with Gasteiger partial charge in [-0.15, -0.1) is 11.3 Å². The normalized spacial score (nSPS) is 10.9. The highest BCUT2D eigenvalue weighted by Gasteiger charge is 2.11. The Hall–Kier alpha value is -2.34. The van der Waals surface area contributed by atoms with Gasteiger partial charge in [0.25, 0.3) is 5.56 Å². The lowest BCUT2D eigenvalue weighted by Crippen LogP contribution is -2.26. The van der Waals surface area contributed by atoms with Gasteiger partial charge in [-0.2, -0.15) is 0 Å². The zero-order chi connectivity index (χ0) is 14.8. The third-order valence-electron chi connectivity index (χ3n) is 3.43.